The van der Waals surface area contributed by atoms with E-state index in [0.29, 0.717) is 25.3 Å². The predicted octanol–water partition coefficient (Wildman–Crippen LogP) is 4.26. The van der Waals surface area contributed by atoms with Gasteiger partial charge in [-0.05, 0) is 69.9 Å². The number of aliphatic carboxylic acids is 2. The van der Waals surface area contributed by atoms with Crippen molar-refractivity contribution in [1.82, 2.24) is 5.32 Å². The van der Waals surface area contributed by atoms with E-state index in [1.54, 1.807) is 12.1 Å². The summed E-state index contributed by atoms with van der Waals surface area (Å²) in [5.41, 5.74) is 0.610. The highest BCUT2D eigenvalue weighted by Crippen LogP contribution is 2.27. The Kier molecular flexibility index (Phi) is 11.1. The van der Waals surface area contributed by atoms with Gasteiger partial charge in [-0.2, -0.15) is 0 Å². The van der Waals surface area contributed by atoms with Crippen LogP contribution in [0, 0.1) is 5.82 Å². The molecule has 34 heavy (non-hydrogen) atoms. The number of carboxylic acid groups (broad SMARTS) is 2. The molecule has 0 aliphatic heterocycles. The van der Waals surface area contributed by atoms with Crippen LogP contribution in [0.25, 0.3) is 0 Å². The lowest BCUT2D eigenvalue weighted by Gasteiger charge is -2.16. The van der Waals surface area contributed by atoms with Crippen LogP contribution in [0.5, 0.6) is 17.2 Å². The highest BCUT2D eigenvalue weighted by Gasteiger charge is 2.17. The molecule has 1 saturated carbocycles. The van der Waals surface area contributed by atoms with Crippen LogP contribution >= 0.6 is 0 Å². The average molecular weight is 478 g/mol. The van der Waals surface area contributed by atoms with Crippen molar-refractivity contribution in [2.45, 2.75) is 58.3 Å². The van der Waals surface area contributed by atoms with E-state index in [1.807, 2.05) is 38.1 Å². The molecule has 0 spiro atoms. The number of para-hydroxylation sites is 2. The van der Waals surface area contributed by atoms with E-state index >= 15 is 0 Å². The molecule has 9 heteroatoms. The summed E-state index contributed by atoms with van der Waals surface area (Å²) < 4.78 is 31.6. The molecule has 0 bridgehead atoms. The smallest absolute Gasteiger partial charge is 0.414 e. The molecule has 0 aromatic heterocycles. The molecule has 2 aromatic rings. The molecular weight excluding hydrogens is 445 g/mol. The Balaban J connectivity index is 0.000000604. The molecule has 0 unspecified atom stereocenters. The van der Waals surface area contributed by atoms with Crippen LogP contribution < -0.4 is 19.5 Å². The Hall–Kier alpha value is -3.33. The Morgan fingerprint density at radius 1 is 1.06 bits per heavy atom. The van der Waals surface area contributed by atoms with Gasteiger partial charge in [-0.3, -0.25) is 0 Å². The maximum Gasteiger partial charge on any atom is 0.414 e. The van der Waals surface area contributed by atoms with Gasteiger partial charge in [-0.1, -0.05) is 12.1 Å². The van der Waals surface area contributed by atoms with E-state index in [-0.39, 0.29) is 18.0 Å². The predicted molar refractivity (Wildman–Crippen MR) is 124 cm³/mol. The van der Waals surface area contributed by atoms with Gasteiger partial charge < -0.3 is 29.7 Å². The molecule has 1 aliphatic carbocycles. The van der Waals surface area contributed by atoms with Crippen molar-refractivity contribution in [2.24, 2.45) is 0 Å². The summed E-state index contributed by atoms with van der Waals surface area (Å²) in [5, 5.41) is 18.0. The molecule has 8 nitrogen and oxygen atoms in total. The number of rotatable bonds is 10. The average Bonchev–Trinajstić information content (AvgIpc) is 3.29. The quantitative estimate of drug-likeness (QED) is 0.344. The minimum Gasteiger partial charge on any atom is -0.490 e. The molecule has 0 radical (unpaired) electrons. The van der Waals surface area contributed by atoms with Crippen molar-refractivity contribution in [2.75, 3.05) is 13.2 Å². The molecule has 2 aromatic carbocycles. The summed E-state index contributed by atoms with van der Waals surface area (Å²) in [7, 11) is 0. The summed E-state index contributed by atoms with van der Waals surface area (Å²) in [6.07, 6.45) is 4.96. The Bertz CT molecular complexity index is 917. The van der Waals surface area contributed by atoms with Crippen LogP contribution in [-0.2, 0) is 16.1 Å². The fourth-order valence-electron chi connectivity index (χ4n) is 3.34. The summed E-state index contributed by atoms with van der Waals surface area (Å²) >= 11 is 0. The summed E-state index contributed by atoms with van der Waals surface area (Å²) in [6.45, 7) is 5.47. The highest BCUT2D eigenvalue weighted by atomic mass is 19.1. The first-order valence-electron chi connectivity index (χ1n) is 11.3. The number of benzene rings is 2. The lowest BCUT2D eigenvalue weighted by molar-refractivity contribution is -0.159. The van der Waals surface area contributed by atoms with Gasteiger partial charge in [-0.25, -0.2) is 14.0 Å². The molecule has 1 fully saturated rings. The maximum absolute atomic E-state index is 14.1. The molecule has 0 atom stereocenters. The number of halogens is 1. The molecule has 0 heterocycles. The zero-order chi connectivity index (χ0) is 24.9. The van der Waals surface area contributed by atoms with Gasteiger partial charge in [0.2, 0.25) is 0 Å². The van der Waals surface area contributed by atoms with Gasteiger partial charge in [0.1, 0.15) is 18.2 Å². The third-order valence-electron chi connectivity index (χ3n) is 4.87. The zero-order valence-electron chi connectivity index (χ0n) is 19.5. The first kappa shape index (κ1) is 26.9. The number of hydrogen-bond acceptors (Lipinski definition) is 6. The van der Waals surface area contributed by atoms with Crippen LogP contribution in [0.2, 0.25) is 0 Å². The minimum atomic E-state index is -1.82. The Labute approximate surface area is 198 Å². The van der Waals surface area contributed by atoms with Gasteiger partial charge in [0, 0.05) is 18.7 Å². The highest BCUT2D eigenvalue weighted by molar-refractivity contribution is 6.27. The van der Waals surface area contributed by atoms with Gasteiger partial charge in [0.05, 0.1) is 12.2 Å². The topological polar surface area (TPSA) is 114 Å². The van der Waals surface area contributed by atoms with Crippen molar-refractivity contribution in [3.63, 3.8) is 0 Å². The second-order valence-corrected chi connectivity index (χ2v) is 8.03. The van der Waals surface area contributed by atoms with Crippen LogP contribution in [0.3, 0.4) is 0 Å². The molecule has 0 amide bonds. The van der Waals surface area contributed by atoms with Crippen molar-refractivity contribution in [3.8, 4) is 17.2 Å². The zero-order valence-corrected chi connectivity index (χ0v) is 19.5. The van der Waals surface area contributed by atoms with Crippen LogP contribution in [0.4, 0.5) is 4.39 Å². The monoisotopic (exact) mass is 477 g/mol. The Morgan fingerprint density at radius 3 is 2.32 bits per heavy atom. The third-order valence-corrected chi connectivity index (χ3v) is 4.87. The fraction of sp³-hybridized carbons (Fsp3) is 0.440. The van der Waals surface area contributed by atoms with E-state index < -0.39 is 11.9 Å². The molecule has 186 valence electrons. The fourth-order valence-corrected chi connectivity index (χ4v) is 3.34. The number of ether oxygens (including phenoxy) is 3. The largest absolute Gasteiger partial charge is 0.490 e. The van der Waals surface area contributed by atoms with E-state index in [0.717, 1.165) is 30.1 Å². The first-order chi connectivity index (χ1) is 16.3. The standard InChI is InChI=1S/C23H30FNO3.C2H2O4/c1-17(2)27-23-10-6-5-9-22(23)26-14-13-25-16-18-15-20(11-12-21(18)24)28-19-7-3-4-8-19;3-1(4)2(5)6/h5-6,9-12,15,17,19,25H,3-4,7-8,13-14,16H2,1-2H3;(H,3,4)(H,5,6). The maximum atomic E-state index is 14.1. The number of carboxylic acids is 2. The Morgan fingerprint density at radius 2 is 1.71 bits per heavy atom. The normalized spacial score (nSPS) is 13.2. The molecule has 0 saturated heterocycles. The number of nitrogens with one attached hydrogen (secondary N) is 1. The third kappa shape index (κ3) is 9.66. The minimum absolute atomic E-state index is 0.0876. The van der Waals surface area contributed by atoms with Gasteiger partial charge in [0.25, 0.3) is 0 Å². The van der Waals surface area contributed by atoms with Gasteiger partial charge >= 0.3 is 11.9 Å². The molecule has 3 N–H and O–H groups in total. The van der Waals surface area contributed by atoms with Crippen molar-refractivity contribution in [1.29, 1.82) is 0 Å². The SMILES string of the molecule is CC(C)Oc1ccccc1OCCNCc1cc(OC2CCCC2)ccc1F.O=C(O)C(=O)O. The van der Waals surface area contributed by atoms with Crippen LogP contribution in [0.1, 0.15) is 45.1 Å². The summed E-state index contributed by atoms with van der Waals surface area (Å²) in [6, 6.07) is 12.6. The van der Waals surface area contributed by atoms with Crippen molar-refractivity contribution < 1.29 is 38.4 Å². The number of hydrogen-bond donors (Lipinski definition) is 3. The van der Waals surface area contributed by atoms with E-state index in [1.165, 1.54) is 18.9 Å². The van der Waals surface area contributed by atoms with Gasteiger partial charge in [-0.15, -0.1) is 0 Å². The van der Waals surface area contributed by atoms with E-state index in [4.69, 9.17) is 34.0 Å². The summed E-state index contributed by atoms with van der Waals surface area (Å²) in [5.74, 6) is -1.66. The molecular formula is C25H32FNO7. The lowest BCUT2D eigenvalue weighted by Crippen LogP contribution is -2.21. The number of carbonyl (C=O) groups is 2. The van der Waals surface area contributed by atoms with E-state index in [9.17, 15) is 4.39 Å². The second kappa shape index (κ2) is 14.0. The van der Waals surface area contributed by atoms with Crippen LogP contribution in [0.15, 0.2) is 42.5 Å². The van der Waals surface area contributed by atoms with E-state index in [2.05, 4.69) is 5.32 Å². The summed E-state index contributed by atoms with van der Waals surface area (Å²) in [4.78, 5) is 18.2. The molecule has 3 rings (SSSR count). The van der Waals surface area contributed by atoms with Gasteiger partial charge in [0.15, 0.2) is 11.5 Å². The van der Waals surface area contributed by atoms with Crippen molar-refractivity contribution >= 4 is 11.9 Å². The lowest BCUT2D eigenvalue weighted by atomic mass is 10.2. The molecule has 1 aliphatic rings. The van der Waals surface area contributed by atoms with Crippen molar-refractivity contribution in [3.05, 3.63) is 53.8 Å². The first-order valence-corrected chi connectivity index (χ1v) is 11.3. The second-order valence-electron chi connectivity index (χ2n) is 8.03. The van der Waals surface area contributed by atoms with Crippen LogP contribution in [-0.4, -0.2) is 47.5 Å².